The van der Waals surface area contributed by atoms with Gasteiger partial charge in [0.1, 0.15) is 0 Å². The lowest BCUT2D eigenvalue weighted by Crippen LogP contribution is -2.37. The maximum atomic E-state index is 5.34. The third kappa shape index (κ3) is 3.12. The van der Waals surface area contributed by atoms with Crippen molar-refractivity contribution in [1.82, 2.24) is 9.34 Å². The summed E-state index contributed by atoms with van der Waals surface area (Å²) in [6.45, 7) is 2.18. The average molecular weight is 286 g/mol. The molecule has 2 aliphatic rings. The second-order valence-corrected chi connectivity index (χ2v) is 8.69. The third-order valence-corrected chi connectivity index (χ3v) is 7.85. The van der Waals surface area contributed by atoms with E-state index < -0.39 is 0 Å². The van der Waals surface area contributed by atoms with Crippen LogP contribution in [-0.4, -0.2) is 46.5 Å². The fourth-order valence-corrected chi connectivity index (χ4v) is 6.32. The standard InChI is InChI=1S/C14H27N2PS/c1-4-12(18)8-7-11-17-15(2)13-9-5-6-10-14(13)16(17)3/h13-14H,4-11H2,1-3H3/t13-,14-/m1/s1. The second-order valence-electron chi connectivity index (χ2n) is 5.66. The van der Waals surface area contributed by atoms with Crippen molar-refractivity contribution in [2.75, 3.05) is 20.3 Å². The number of fused-ring (bicyclic) bond motifs is 1. The van der Waals surface area contributed by atoms with Gasteiger partial charge in [-0.15, -0.1) is 0 Å². The molecule has 0 unspecified atom stereocenters. The van der Waals surface area contributed by atoms with E-state index in [1.807, 2.05) is 0 Å². The van der Waals surface area contributed by atoms with Gasteiger partial charge in [0.2, 0.25) is 0 Å². The highest BCUT2D eigenvalue weighted by molar-refractivity contribution is 7.80. The van der Waals surface area contributed by atoms with Gasteiger partial charge in [-0.3, -0.25) is 9.34 Å². The topological polar surface area (TPSA) is 6.48 Å². The van der Waals surface area contributed by atoms with Crippen LogP contribution < -0.4 is 0 Å². The van der Waals surface area contributed by atoms with E-state index in [-0.39, 0.29) is 8.22 Å². The zero-order valence-electron chi connectivity index (χ0n) is 12.1. The third-order valence-electron chi connectivity index (χ3n) is 4.59. The zero-order chi connectivity index (χ0) is 13.1. The number of rotatable bonds is 5. The van der Waals surface area contributed by atoms with Gasteiger partial charge in [0.15, 0.2) is 0 Å². The Morgan fingerprint density at radius 3 is 2.22 bits per heavy atom. The number of likely N-dealkylation sites (N-methyl/N-ethyl adjacent to an activating group) is 2. The van der Waals surface area contributed by atoms with Crippen LogP contribution >= 0.6 is 20.4 Å². The molecule has 0 bridgehead atoms. The van der Waals surface area contributed by atoms with E-state index in [0.717, 1.165) is 24.9 Å². The predicted molar refractivity (Wildman–Crippen MR) is 85.5 cm³/mol. The van der Waals surface area contributed by atoms with Gasteiger partial charge >= 0.3 is 0 Å². The van der Waals surface area contributed by atoms with Crippen LogP contribution in [0.4, 0.5) is 0 Å². The van der Waals surface area contributed by atoms with Gasteiger partial charge in [-0.05, 0) is 57.2 Å². The molecule has 1 saturated heterocycles. The van der Waals surface area contributed by atoms with Crippen molar-refractivity contribution in [3.63, 3.8) is 0 Å². The van der Waals surface area contributed by atoms with E-state index in [1.165, 1.54) is 43.1 Å². The Bertz CT molecular complexity index is 280. The van der Waals surface area contributed by atoms with Crippen LogP contribution in [0.15, 0.2) is 0 Å². The van der Waals surface area contributed by atoms with E-state index in [1.54, 1.807) is 0 Å². The van der Waals surface area contributed by atoms with Crippen molar-refractivity contribution in [2.24, 2.45) is 0 Å². The number of nitrogens with zero attached hydrogens (tertiary/aromatic N) is 2. The fraction of sp³-hybridized carbons (Fsp3) is 0.929. The van der Waals surface area contributed by atoms with Crippen LogP contribution in [0.25, 0.3) is 0 Å². The van der Waals surface area contributed by atoms with Crippen molar-refractivity contribution in [1.29, 1.82) is 0 Å². The molecule has 2 nitrogen and oxygen atoms in total. The first-order valence-corrected chi connectivity index (χ1v) is 9.24. The molecule has 1 heterocycles. The summed E-state index contributed by atoms with van der Waals surface area (Å²) in [5.41, 5.74) is 0. The molecule has 1 aliphatic carbocycles. The molecule has 2 fully saturated rings. The molecule has 0 N–H and O–H groups in total. The molecule has 18 heavy (non-hydrogen) atoms. The minimum Gasteiger partial charge on any atom is -0.268 e. The fourth-order valence-electron chi connectivity index (χ4n) is 3.44. The minimum absolute atomic E-state index is 0.0465. The first-order chi connectivity index (χ1) is 8.65. The molecule has 0 aromatic rings. The Kier molecular flexibility index (Phi) is 5.56. The Hall–Kier alpha value is 0.440. The summed E-state index contributed by atoms with van der Waals surface area (Å²) in [5, 5.41) is 0. The number of hydrogen-bond acceptors (Lipinski definition) is 3. The average Bonchev–Trinajstić information content (AvgIpc) is 2.64. The Balaban J connectivity index is 1.86. The van der Waals surface area contributed by atoms with Gasteiger partial charge < -0.3 is 0 Å². The SMILES string of the molecule is CCC(=S)CCCP1N(C)[C@@H]2CCCC[C@H]2N1C. The Morgan fingerprint density at radius 1 is 1.17 bits per heavy atom. The molecular formula is C14H27N2PS. The highest BCUT2D eigenvalue weighted by Gasteiger charge is 2.43. The summed E-state index contributed by atoms with van der Waals surface area (Å²) in [6.07, 6.45) is 10.5. The Morgan fingerprint density at radius 2 is 1.72 bits per heavy atom. The monoisotopic (exact) mass is 286 g/mol. The lowest BCUT2D eigenvalue weighted by Gasteiger charge is -2.29. The van der Waals surface area contributed by atoms with Gasteiger partial charge in [-0.25, -0.2) is 0 Å². The Labute approximate surface area is 119 Å². The van der Waals surface area contributed by atoms with E-state index >= 15 is 0 Å². The summed E-state index contributed by atoms with van der Waals surface area (Å²) >= 11 is 5.34. The summed E-state index contributed by atoms with van der Waals surface area (Å²) in [7, 11) is 4.67. The van der Waals surface area contributed by atoms with Crippen molar-refractivity contribution in [2.45, 2.75) is 64.0 Å². The van der Waals surface area contributed by atoms with Crippen LogP contribution in [0.2, 0.25) is 0 Å². The van der Waals surface area contributed by atoms with Crippen LogP contribution in [0, 0.1) is 0 Å². The molecule has 0 aromatic carbocycles. The van der Waals surface area contributed by atoms with Crippen molar-refractivity contribution in [3.8, 4) is 0 Å². The quantitative estimate of drug-likeness (QED) is 0.556. The minimum atomic E-state index is -0.0465. The summed E-state index contributed by atoms with van der Waals surface area (Å²) in [6, 6.07) is 1.68. The molecule has 0 amide bonds. The predicted octanol–water partition coefficient (Wildman–Crippen LogP) is 4.05. The lowest BCUT2D eigenvalue weighted by molar-refractivity contribution is 0.233. The summed E-state index contributed by atoms with van der Waals surface area (Å²) in [5.74, 6) is 0. The van der Waals surface area contributed by atoms with Gasteiger partial charge in [-0.2, -0.15) is 0 Å². The lowest BCUT2D eigenvalue weighted by atomic mass is 9.91. The van der Waals surface area contributed by atoms with Crippen LogP contribution in [0.5, 0.6) is 0 Å². The summed E-state index contributed by atoms with van der Waals surface area (Å²) < 4.78 is 5.41. The van der Waals surface area contributed by atoms with E-state index in [4.69, 9.17) is 12.2 Å². The van der Waals surface area contributed by atoms with E-state index in [9.17, 15) is 0 Å². The second kappa shape index (κ2) is 6.74. The molecule has 1 saturated carbocycles. The molecule has 1 aliphatic heterocycles. The van der Waals surface area contributed by atoms with Crippen molar-refractivity contribution < 1.29 is 0 Å². The maximum Gasteiger partial charge on any atom is 0.0395 e. The van der Waals surface area contributed by atoms with Crippen LogP contribution in [0.1, 0.15) is 51.9 Å². The van der Waals surface area contributed by atoms with E-state index in [2.05, 4.69) is 30.4 Å². The van der Waals surface area contributed by atoms with Crippen LogP contribution in [-0.2, 0) is 0 Å². The molecular weight excluding hydrogens is 259 g/mol. The highest BCUT2D eigenvalue weighted by atomic mass is 32.1. The number of thiocarbonyl (C=S) groups is 1. The molecule has 0 spiro atoms. The zero-order valence-corrected chi connectivity index (χ0v) is 13.8. The van der Waals surface area contributed by atoms with Crippen LogP contribution in [0.3, 0.4) is 0 Å². The largest absolute Gasteiger partial charge is 0.268 e. The van der Waals surface area contributed by atoms with E-state index in [0.29, 0.717) is 0 Å². The van der Waals surface area contributed by atoms with Gasteiger partial charge in [0, 0.05) is 20.3 Å². The molecule has 4 heteroatoms. The number of hydrogen-bond donors (Lipinski definition) is 0. The van der Waals surface area contributed by atoms with Gasteiger partial charge in [0.05, 0.1) is 0 Å². The molecule has 2 atom stereocenters. The van der Waals surface area contributed by atoms with Gasteiger partial charge in [0.25, 0.3) is 0 Å². The molecule has 104 valence electrons. The van der Waals surface area contributed by atoms with Crippen molar-refractivity contribution in [3.05, 3.63) is 0 Å². The van der Waals surface area contributed by atoms with Gasteiger partial charge in [-0.1, -0.05) is 32.0 Å². The smallest absolute Gasteiger partial charge is 0.0395 e. The maximum absolute atomic E-state index is 5.34. The molecule has 2 rings (SSSR count). The van der Waals surface area contributed by atoms with Crippen molar-refractivity contribution >= 4 is 25.3 Å². The summed E-state index contributed by atoms with van der Waals surface area (Å²) in [4.78, 5) is 1.26. The molecule has 0 radical (unpaired) electrons. The first-order valence-electron chi connectivity index (χ1n) is 7.40. The highest BCUT2D eigenvalue weighted by Crippen LogP contribution is 2.55. The first kappa shape index (κ1) is 14.8. The normalized spacial score (nSPS) is 30.6. The molecule has 0 aromatic heterocycles.